The van der Waals surface area contributed by atoms with Crippen LogP contribution in [0.25, 0.3) is 0 Å². The van der Waals surface area contributed by atoms with Crippen molar-refractivity contribution in [3.63, 3.8) is 0 Å². The molecule has 1 fully saturated rings. The Labute approximate surface area is 147 Å². The number of carbonyl (C=O) groups is 1. The Morgan fingerprint density at radius 1 is 1.16 bits per heavy atom. The van der Waals surface area contributed by atoms with Gasteiger partial charge in [0, 0.05) is 24.8 Å². The first-order valence-corrected chi connectivity index (χ1v) is 8.36. The van der Waals surface area contributed by atoms with E-state index in [1.165, 1.54) is 0 Å². The third-order valence-corrected chi connectivity index (χ3v) is 4.05. The van der Waals surface area contributed by atoms with Crippen LogP contribution in [-0.4, -0.2) is 45.9 Å². The number of morpholine rings is 1. The molecule has 6 nitrogen and oxygen atoms in total. The van der Waals surface area contributed by atoms with E-state index in [0.717, 1.165) is 37.7 Å². The number of benzene rings is 2. The summed E-state index contributed by atoms with van der Waals surface area (Å²) in [5.74, 6) is 0.605. The summed E-state index contributed by atoms with van der Waals surface area (Å²) in [5.41, 5.74) is 2.76. The van der Waals surface area contributed by atoms with E-state index in [9.17, 15) is 4.79 Å². The lowest BCUT2D eigenvalue weighted by molar-refractivity contribution is -0.114. The van der Waals surface area contributed by atoms with Crippen molar-refractivity contribution in [3.05, 3.63) is 48.5 Å². The number of rotatable bonds is 6. The van der Waals surface area contributed by atoms with Gasteiger partial charge in [0.1, 0.15) is 5.75 Å². The van der Waals surface area contributed by atoms with Crippen LogP contribution in [0.4, 0.5) is 17.1 Å². The number of para-hydroxylation sites is 2. The van der Waals surface area contributed by atoms with Crippen molar-refractivity contribution in [1.82, 2.24) is 0 Å². The van der Waals surface area contributed by atoms with Crippen LogP contribution in [0.5, 0.6) is 5.75 Å². The highest BCUT2D eigenvalue weighted by atomic mass is 16.5. The predicted molar refractivity (Wildman–Crippen MR) is 99.6 cm³/mol. The Hall–Kier alpha value is -2.73. The lowest BCUT2D eigenvalue weighted by Gasteiger charge is -2.30. The van der Waals surface area contributed by atoms with Crippen molar-refractivity contribution in [2.45, 2.75) is 0 Å². The van der Waals surface area contributed by atoms with Crippen LogP contribution in [0.3, 0.4) is 0 Å². The molecule has 0 bridgehead atoms. The van der Waals surface area contributed by atoms with Gasteiger partial charge < -0.3 is 25.0 Å². The largest absolute Gasteiger partial charge is 0.497 e. The lowest BCUT2D eigenvalue weighted by Crippen LogP contribution is -2.36. The Morgan fingerprint density at radius 3 is 2.76 bits per heavy atom. The van der Waals surface area contributed by atoms with E-state index >= 15 is 0 Å². The maximum atomic E-state index is 12.2. The Morgan fingerprint density at radius 2 is 1.96 bits per heavy atom. The van der Waals surface area contributed by atoms with Crippen LogP contribution in [0.2, 0.25) is 0 Å². The number of nitrogens with zero attached hydrogens (tertiary/aromatic N) is 1. The van der Waals surface area contributed by atoms with Crippen LogP contribution >= 0.6 is 0 Å². The molecule has 3 rings (SSSR count). The summed E-state index contributed by atoms with van der Waals surface area (Å²) in [5, 5.41) is 6.10. The maximum Gasteiger partial charge on any atom is 0.243 e. The van der Waals surface area contributed by atoms with Gasteiger partial charge >= 0.3 is 0 Å². The Kier molecular flexibility index (Phi) is 5.74. The molecule has 1 saturated heterocycles. The van der Waals surface area contributed by atoms with Crippen molar-refractivity contribution in [1.29, 1.82) is 0 Å². The number of ether oxygens (including phenoxy) is 2. The third-order valence-electron chi connectivity index (χ3n) is 4.05. The van der Waals surface area contributed by atoms with Crippen LogP contribution in [-0.2, 0) is 9.53 Å². The SMILES string of the molecule is COc1cccc(NC(=O)CNc2ccccc2N2CCOCC2)c1. The van der Waals surface area contributed by atoms with Gasteiger partial charge in [-0.25, -0.2) is 0 Å². The molecule has 1 amide bonds. The number of carbonyl (C=O) groups excluding carboxylic acids is 1. The zero-order valence-corrected chi connectivity index (χ0v) is 14.3. The van der Waals surface area contributed by atoms with Crippen molar-refractivity contribution in [2.24, 2.45) is 0 Å². The summed E-state index contributed by atoms with van der Waals surface area (Å²) in [6.07, 6.45) is 0. The number of amides is 1. The summed E-state index contributed by atoms with van der Waals surface area (Å²) in [4.78, 5) is 14.5. The highest BCUT2D eigenvalue weighted by molar-refractivity contribution is 5.94. The van der Waals surface area contributed by atoms with Gasteiger partial charge in [-0.15, -0.1) is 0 Å². The first kappa shape index (κ1) is 17.1. The van der Waals surface area contributed by atoms with E-state index in [2.05, 4.69) is 21.6 Å². The van der Waals surface area contributed by atoms with Gasteiger partial charge in [0.25, 0.3) is 0 Å². The molecule has 132 valence electrons. The average Bonchev–Trinajstić information content (AvgIpc) is 2.67. The lowest BCUT2D eigenvalue weighted by atomic mass is 10.2. The Bertz CT molecular complexity index is 715. The van der Waals surface area contributed by atoms with Gasteiger partial charge in [-0.1, -0.05) is 18.2 Å². The topological polar surface area (TPSA) is 62.8 Å². The van der Waals surface area contributed by atoms with Gasteiger partial charge in [0.15, 0.2) is 0 Å². The zero-order valence-electron chi connectivity index (χ0n) is 14.3. The second kappa shape index (κ2) is 8.39. The molecule has 2 aromatic carbocycles. The average molecular weight is 341 g/mol. The maximum absolute atomic E-state index is 12.2. The van der Waals surface area contributed by atoms with E-state index in [0.29, 0.717) is 11.4 Å². The molecule has 25 heavy (non-hydrogen) atoms. The number of anilines is 3. The first-order chi connectivity index (χ1) is 12.3. The van der Waals surface area contributed by atoms with Crippen molar-refractivity contribution in [3.8, 4) is 5.75 Å². The predicted octanol–water partition coefficient (Wildman–Crippen LogP) is 2.58. The molecule has 2 N–H and O–H groups in total. The normalized spacial score (nSPS) is 14.0. The van der Waals surface area contributed by atoms with Gasteiger partial charge in [-0.05, 0) is 24.3 Å². The van der Waals surface area contributed by atoms with Gasteiger partial charge in [-0.3, -0.25) is 4.79 Å². The van der Waals surface area contributed by atoms with Crippen molar-refractivity contribution >= 4 is 23.0 Å². The number of nitrogens with one attached hydrogen (secondary N) is 2. The summed E-state index contributed by atoms with van der Waals surface area (Å²) >= 11 is 0. The monoisotopic (exact) mass is 341 g/mol. The molecule has 0 aliphatic carbocycles. The fraction of sp³-hybridized carbons (Fsp3) is 0.316. The molecule has 2 aromatic rings. The summed E-state index contributed by atoms with van der Waals surface area (Å²) in [6.45, 7) is 3.36. The van der Waals surface area contributed by atoms with Crippen LogP contribution in [0.15, 0.2) is 48.5 Å². The second-order valence-corrected chi connectivity index (χ2v) is 5.75. The number of methoxy groups -OCH3 is 1. The van der Waals surface area contributed by atoms with E-state index in [1.807, 2.05) is 36.4 Å². The minimum Gasteiger partial charge on any atom is -0.497 e. The van der Waals surface area contributed by atoms with E-state index in [4.69, 9.17) is 9.47 Å². The summed E-state index contributed by atoms with van der Waals surface area (Å²) < 4.78 is 10.6. The first-order valence-electron chi connectivity index (χ1n) is 8.36. The molecular weight excluding hydrogens is 318 g/mol. The molecule has 1 aliphatic heterocycles. The van der Waals surface area contributed by atoms with Gasteiger partial charge in [0.2, 0.25) is 5.91 Å². The minimum absolute atomic E-state index is 0.106. The molecule has 1 heterocycles. The van der Waals surface area contributed by atoms with Crippen molar-refractivity contribution < 1.29 is 14.3 Å². The van der Waals surface area contributed by atoms with E-state index < -0.39 is 0 Å². The molecule has 6 heteroatoms. The number of hydrogen-bond acceptors (Lipinski definition) is 5. The summed E-state index contributed by atoms with van der Waals surface area (Å²) in [7, 11) is 1.60. The van der Waals surface area contributed by atoms with Gasteiger partial charge in [0.05, 0.1) is 38.2 Å². The van der Waals surface area contributed by atoms with E-state index in [1.54, 1.807) is 13.2 Å². The second-order valence-electron chi connectivity index (χ2n) is 5.75. The molecule has 0 aromatic heterocycles. The third kappa shape index (κ3) is 4.64. The molecule has 0 atom stereocenters. The van der Waals surface area contributed by atoms with Crippen LogP contribution in [0, 0.1) is 0 Å². The van der Waals surface area contributed by atoms with Crippen molar-refractivity contribution in [2.75, 3.05) is 55.5 Å². The van der Waals surface area contributed by atoms with Crippen LogP contribution in [0.1, 0.15) is 0 Å². The highest BCUT2D eigenvalue weighted by Gasteiger charge is 2.14. The van der Waals surface area contributed by atoms with Gasteiger partial charge in [-0.2, -0.15) is 0 Å². The quantitative estimate of drug-likeness (QED) is 0.846. The highest BCUT2D eigenvalue weighted by Crippen LogP contribution is 2.26. The van der Waals surface area contributed by atoms with Crippen LogP contribution < -0.4 is 20.3 Å². The molecule has 0 saturated carbocycles. The number of hydrogen-bond donors (Lipinski definition) is 2. The standard InChI is InChI=1S/C19H23N3O3/c1-24-16-6-4-5-15(13-16)21-19(23)14-20-17-7-2-3-8-18(17)22-9-11-25-12-10-22/h2-8,13,20H,9-12,14H2,1H3,(H,21,23). The zero-order chi connectivity index (χ0) is 17.5. The Balaban J connectivity index is 1.60. The van der Waals surface area contributed by atoms with E-state index in [-0.39, 0.29) is 12.5 Å². The molecule has 0 spiro atoms. The molecule has 1 aliphatic rings. The minimum atomic E-state index is -0.106. The smallest absolute Gasteiger partial charge is 0.243 e. The molecular formula is C19H23N3O3. The fourth-order valence-corrected chi connectivity index (χ4v) is 2.78. The fourth-order valence-electron chi connectivity index (χ4n) is 2.78. The molecule has 0 radical (unpaired) electrons. The molecule has 0 unspecified atom stereocenters. The summed E-state index contributed by atoms with van der Waals surface area (Å²) in [6, 6.07) is 15.3.